The van der Waals surface area contributed by atoms with Gasteiger partial charge in [0.15, 0.2) is 0 Å². The molecule has 2 aromatic carbocycles. The van der Waals surface area contributed by atoms with Gasteiger partial charge in [0.1, 0.15) is 10.1 Å². The normalized spacial score (nSPS) is 15.8. The second-order valence-corrected chi connectivity index (χ2v) is 8.66. The highest BCUT2D eigenvalue weighted by Gasteiger charge is 2.28. The summed E-state index contributed by atoms with van der Waals surface area (Å²) in [6, 6.07) is 16.3. The van der Waals surface area contributed by atoms with E-state index in [1.807, 2.05) is 30.3 Å². The van der Waals surface area contributed by atoms with Crippen molar-refractivity contribution in [2.75, 3.05) is 19.4 Å². The standard InChI is InChI=1S/C20H19NO2S3/c1-14-3-9-17(10-4-14)25-12-11-23-16-7-5-15(6-8-16)13-18-19(22)21(2)20(24)26-18/h3-10,13H,11-12H2,1-2H3/b18-13-. The van der Waals surface area contributed by atoms with Crippen LogP contribution in [0.5, 0.6) is 5.75 Å². The van der Waals surface area contributed by atoms with Crippen molar-refractivity contribution in [3.8, 4) is 5.75 Å². The van der Waals surface area contributed by atoms with Gasteiger partial charge in [0, 0.05) is 17.7 Å². The van der Waals surface area contributed by atoms with Crippen LogP contribution in [0.15, 0.2) is 58.3 Å². The van der Waals surface area contributed by atoms with Crippen LogP contribution in [-0.4, -0.2) is 34.5 Å². The van der Waals surface area contributed by atoms with Crippen molar-refractivity contribution < 1.29 is 9.53 Å². The second-order valence-electron chi connectivity index (χ2n) is 5.82. The molecule has 1 heterocycles. The molecule has 0 spiro atoms. The first-order valence-electron chi connectivity index (χ1n) is 8.17. The van der Waals surface area contributed by atoms with E-state index in [1.54, 1.807) is 18.8 Å². The third-order valence-electron chi connectivity index (χ3n) is 3.81. The van der Waals surface area contributed by atoms with Crippen molar-refractivity contribution in [1.29, 1.82) is 0 Å². The van der Waals surface area contributed by atoms with E-state index in [0.717, 1.165) is 17.1 Å². The van der Waals surface area contributed by atoms with Crippen molar-refractivity contribution in [3.63, 3.8) is 0 Å². The lowest BCUT2D eigenvalue weighted by molar-refractivity contribution is -0.121. The lowest BCUT2D eigenvalue weighted by atomic mass is 10.2. The predicted molar refractivity (Wildman–Crippen MR) is 115 cm³/mol. The third kappa shape index (κ3) is 4.90. The maximum Gasteiger partial charge on any atom is 0.265 e. The van der Waals surface area contributed by atoms with Gasteiger partial charge in [-0.15, -0.1) is 11.8 Å². The van der Waals surface area contributed by atoms with Crippen LogP contribution in [0.4, 0.5) is 0 Å². The summed E-state index contributed by atoms with van der Waals surface area (Å²) in [5, 5.41) is 0. The summed E-state index contributed by atoms with van der Waals surface area (Å²) in [6.07, 6.45) is 1.86. The van der Waals surface area contributed by atoms with Crippen LogP contribution in [0, 0.1) is 6.92 Å². The van der Waals surface area contributed by atoms with E-state index in [-0.39, 0.29) is 5.91 Å². The summed E-state index contributed by atoms with van der Waals surface area (Å²) in [7, 11) is 1.70. The molecule has 1 aliphatic rings. The fourth-order valence-corrected chi connectivity index (χ4v) is 4.22. The van der Waals surface area contributed by atoms with E-state index < -0.39 is 0 Å². The number of thiocarbonyl (C=S) groups is 1. The van der Waals surface area contributed by atoms with E-state index in [1.165, 1.54) is 27.1 Å². The van der Waals surface area contributed by atoms with Gasteiger partial charge in [0.25, 0.3) is 5.91 Å². The average Bonchev–Trinajstić information content (AvgIpc) is 2.88. The zero-order valence-electron chi connectivity index (χ0n) is 14.6. The summed E-state index contributed by atoms with van der Waals surface area (Å²) >= 11 is 8.25. The largest absolute Gasteiger partial charge is 0.493 e. The topological polar surface area (TPSA) is 29.5 Å². The Hall–Kier alpha value is -1.76. The molecule has 134 valence electrons. The molecule has 1 fully saturated rings. The molecule has 0 bridgehead atoms. The Bertz CT molecular complexity index is 829. The van der Waals surface area contributed by atoms with Crippen LogP contribution in [0.3, 0.4) is 0 Å². The molecular weight excluding hydrogens is 382 g/mol. The lowest BCUT2D eigenvalue weighted by Crippen LogP contribution is -2.22. The van der Waals surface area contributed by atoms with Gasteiger partial charge in [-0.1, -0.05) is 53.8 Å². The molecule has 3 nitrogen and oxygen atoms in total. The minimum atomic E-state index is -0.0477. The fraction of sp³-hybridized carbons (Fsp3) is 0.200. The highest BCUT2D eigenvalue weighted by atomic mass is 32.2. The molecule has 0 aromatic heterocycles. The third-order valence-corrected chi connectivity index (χ3v) is 6.27. The molecule has 1 saturated heterocycles. The number of carbonyl (C=O) groups is 1. The van der Waals surface area contributed by atoms with E-state index in [2.05, 4.69) is 31.2 Å². The molecule has 3 rings (SSSR count). The summed E-state index contributed by atoms with van der Waals surface area (Å²) in [4.78, 5) is 15.4. The number of carbonyl (C=O) groups excluding carboxylic acids is 1. The Kier molecular flexibility index (Phi) is 6.40. The molecule has 1 amide bonds. The maximum absolute atomic E-state index is 12.0. The number of amides is 1. The Morgan fingerprint density at radius 1 is 1.15 bits per heavy atom. The van der Waals surface area contributed by atoms with Crippen molar-refractivity contribution in [2.24, 2.45) is 0 Å². The summed E-state index contributed by atoms with van der Waals surface area (Å²) in [6.45, 7) is 2.73. The zero-order valence-corrected chi connectivity index (χ0v) is 17.0. The zero-order chi connectivity index (χ0) is 18.5. The summed E-state index contributed by atoms with van der Waals surface area (Å²) < 4.78 is 6.38. The smallest absolute Gasteiger partial charge is 0.265 e. The first kappa shape index (κ1) is 19.0. The Morgan fingerprint density at radius 2 is 1.85 bits per heavy atom. The summed E-state index contributed by atoms with van der Waals surface area (Å²) in [5.74, 6) is 1.67. The van der Waals surface area contributed by atoms with E-state index >= 15 is 0 Å². The van der Waals surface area contributed by atoms with Crippen LogP contribution in [0.2, 0.25) is 0 Å². The quantitative estimate of drug-likeness (QED) is 0.294. The number of nitrogens with zero attached hydrogens (tertiary/aromatic N) is 1. The van der Waals surface area contributed by atoms with E-state index in [9.17, 15) is 4.79 Å². The highest BCUT2D eigenvalue weighted by Crippen LogP contribution is 2.31. The van der Waals surface area contributed by atoms with Gasteiger partial charge in [0.05, 0.1) is 11.5 Å². The number of benzene rings is 2. The second kappa shape index (κ2) is 8.75. The monoisotopic (exact) mass is 401 g/mol. The number of likely N-dealkylation sites (N-methyl/N-ethyl adjacent to an activating group) is 1. The molecular formula is C20H19NO2S3. The van der Waals surface area contributed by atoms with Crippen LogP contribution in [-0.2, 0) is 4.79 Å². The maximum atomic E-state index is 12.0. The molecule has 2 aromatic rings. The van der Waals surface area contributed by atoms with Crippen molar-refractivity contribution in [1.82, 2.24) is 4.90 Å². The van der Waals surface area contributed by atoms with Crippen molar-refractivity contribution in [2.45, 2.75) is 11.8 Å². The molecule has 0 saturated carbocycles. The average molecular weight is 402 g/mol. The summed E-state index contributed by atoms with van der Waals surface area (Å²) in [5.41, 5.74) is 2.23. The molecule has 0 radical (unpaired) electrons. The molecule has 0 aliphatic carbocycles. The molecule has 0 unspecified atom stereocenters. The van der Waals surface area contributed by atoms with Gasteiger partial charge in [-0.25, -0.2) is 0 Å². The highest BCUT2D eigenvalue weighted by molar-refractivity contribution is 8.26. The lowest BCUT2D eigenvalue weighted by Gasteiger charge is -2.07. The van der Waals surface area contributed by atoms with Crippen LogP contribution in [0.25, 0.3) is 6.08 Å². The van der Waals surface area contributed by atoms with Crippen molar-refractivity contribution in [3.05, 3.63) is 64.6 Å². The van der Waals surface area contributed by atoms with Gasteiger partial charge in [-0.05, 0) is 42.8 Å². The number of ether oxygens (including phenoxy) is 1. The minimum Gasteiger partial charge on any atom is -0.493 e. The van der Waals surface area contributed by atoms with Crippen LogP contribution >= 0.6 is 35.7 Å². The number of rotatable bonds is 6. The molecule has 0 N–H and O–H groups in total. The van der Waals surface area contributed by atoms with Crippen LogP contribution < -0.4 is 4.74 Å². The van der Waals surface area contributed by atoms with Crippen LogP contribution in [0.1, 0.15) is 11.1 Å². The Morgan fingerprint density at radius 3 is 2.46 bits per heavy atom. The SMILES string of the molecule is Cc1ccc(SCCOc2ccc(/C=C3\SC(=S)N(C)C3=O)cc2)cc1. The van der Waals surface area contributed by atoms with Gasteiger partial charge in [-0.2, -0.15) is 0 Å². The molecule has 0 atom stereocenters. The minimum absolute atomic E-state index is 0.0477. The predicted octanol–water partition coefficient (Wildman–Crippen LogP) is 5.00. The Balaban J connectivity index is 1.49. The van der Waals surface area contributed by atoms with Gasteiger partial charge in [-0.3, -0.25) is 9.69 Å². The molecule has 6 heteroatoms. The van der Waals surface area contributed by atoms with Gasteiger partial charge >= 0.3 is 0 Å². The van der Waals surface area contributed by atoms with Gasteiger partial charge < -0.3 is 4.74 Å². The first-order valence-corrected chi connectivity index (χ1v) is 10.4. The molecule has 26 heavy (non-hydrogen) atoms. The Labute approximate surface area is 167 Å². The van der Waals surface area contributed by atoms with Crippen molar-refractivity contribution >= 4 is 52.0 Å². The first-order chi connectivity index (χ1) is 12.5. The number of hydrogen-bond donors (Lipinski definition) is 0. The fourth-order valence-electron chi connectivity index (χ4n) is 2.31. The number of thioether (sulfide) groups is 2. The molecule has 1 aliphatic heterocycles. The van der Waals surface area contributed by atoms with E-state index in [0.29, 0.717) is 15.8 Å². The van der Waals surface area contributed by atoms with E-state index in [4.69, 9.17) is 17.0 Å². The number of aryl methyl sites for hydroxylation is 1. The van der Waals surface area contributed by atoms with Gasteiger partial charge in [0.2, 0.25) is 0 Å². The number of hydrogen-bond acceptors (Lipinski definition) is 5.